The Bertz CT molecular complexity index is 400. The molecule has 2 unspecified atom stereocenters. The molecule has 5 nitrogen and oxygen atoms in total. The first-order valence-electron chi connectivity index (χ1n) is 6.94. The summed E-state index contributed by atoms with van der Waals surface area (Å²) in [7, 11) is 0. The molecule has 1 aromatic heterocycles. The standard InChI is InChI=1S/C14H23N3O2/c1-3-5-15-14-7-12(4-6-16-14)17-8-11(2)19-13(9-17)10-18/h4,6-7,11,13,18H,3,5,8-10H2,1-2H3,(H,15,16). The Hall–Kier alpha value is -1.33. The van der Waals surface area contributed by atoms with Crippen LogP contribution in [0.4, 0.5) is 11.5 Å². The summed E-state index contributed by atoms with van der Waals surface area (Å²) >= 11 is 0. The fraction of sp³-hybridized carbons (Fsp3) is 0.643. The number of rotatable bonds is 5. The van der Waals surface area contributed by atoms with Crippen LogP contribution in [0.15, 0.2) is 18.3 Å². The fourth-order valence-electron chi connectivity index (χ4n) is 2.32. The molecule has 0 saturated carbocycles. The average Bonchev–Trinajstić information content (AvgIpc) is 2.44. The Morgan fingerprint density at radius 2 is 2.37 bits per heavy atom. The monoisotopic (exact) mass is 265 g/mol. The number of ether oxygens (including phenoxy) is 1. The van der Waals surface area contributed by atoms with Crippen LogP contribution in [0, 0.1) is 0 Å². The summed E-state index contributed by atoms with van der Waals surface area (Å²) < 4.78 is 5.66. The van der Waals surface area contributed by atoms with Gasteiger partial charge in [-0.2, -0.15) is 0 Å². The lowest BCUT2D eigenvalue weighted by atomic mass is 10.2. The van der Waals surface area contributed by atoms with Gasteiger partial charge in [-0.25, -0.2) is 4.98 Å². The lowest BCUT2D eigenvalue weighted by Crippen LogP contribution is -2.48. The van der Waals surface area contributed by atoms with Gasteiger partial charge in [-0.1, -0.05) is 6.92 Å². The van der Waals surface area contributed by atoms with E-state index in [9.17, 15) is 5.11 Å². The molecule has 2 rings (SSSR count). The number of aliphatic hydroxyl groups excluding tert-OH is 1. The summed E-state index contributed by atoms with van der Waals surface area (Å²) in [6.45, 7) is 6.71. The smallest absolute Gasteiger partial charge is 0.127 e. The van der Waals surface area contributed by atoms with Crippen molar-refractivity contribution < 1.29 is 9.84 Å². The van der Waals surface area contributed by atoms with E-state index in [1.165, 1.54) is 0 Å². The minimum absolute atomic E-state index is 0.0624. The zero-order valence-corrected chi connectivity index (χ0v) is 11.7. The van der Waals surface area contributed by atoms with Gasteiger partial charge < -0.3 is 20.1 Å². The zero-order chi connectivity index (χ0) is 13.7. The summed E-state index contributed by atoms with van der Waals surface area (Å²) in [5.41, 5.74) is 1.13. The van der Waals surface area contributed by atoms with Crippen LogP contribution in [0.2, 0.25) is 0 Å². The summed E-state index contributed by atoms with van der Waals surface area (Å²) in [6.07, 6.45) is 2.92. The Morgan fingerprint density at radius 1 is 1.53 bits per heavy atom. The first-order chi connectivity index (χ1) is 9.22. The highest BCUT2D eigenvalue weighted by molar-refractivity contribution is 5.54. The molecule has 2 heterocycles. The van der Waals surface area contributed by atoms with Gasteiger partial charge in [-0.3, -0.25) is 0 Å². The van der Waals surface area contributed by atoms with E-state index in [1.54, 1.807) is 0 Å². The quantitative estimate of drug-likeness (QED) is 0.844. The Labute approximate surface area is 114 Å². The van der Waals surface area contributed by atoms with E-state index in [-0.39, 0.29) is 18.8 Å². The van der Waals surface area contributed by atoms with Crippen molar-refractivity contribution in [1.29, 1.82) is 0 Å². The molecule has 2 atom stereocenters. The molecule has 1 aliphatic heterocycles. The third-order valence-electron chi connectivity index (χ3n) is 3.19. The van der Waals surface area contributed by atoms with Crippen LogP contribution in [0.25, 0.3) is 0 Å². The molecule has 0 bridgehead atoms. The van der Waals surface area contributed by atoms with Crippen LogP contribution in [-0.4, -0.2) is 48.5 Å². The minimum Gasteiger partial charge on any atom is -0.394 e. The molecule has 5 heteroatoms. The molecular formula is C14H23N3O2. The Morgan fingerprint density at radius 3 is 3.11 bits per heavy atom. The van der Waals surface area contributed by atoms with Crippen LogP contribution in [0.3, 0.4) is 0 Å². The van der Waals surface area contributed by atoms with Gasteiger partial charge in [0.15, 0.2) is 0 Å². The van der Waals surface area contributed by atoms with E-state index in [0.29, 0.717) is 0 Å². The van der Waals surface area contributed by atoms with E-state index >= 15 is 0 Å². The summed E-state index contributed by atoms with van der Waals surface area (Å²) in [5.74, 6) is 0.902. The molecule has 1 fully saturated rings. The van der Waals surface area contributed by atoms with Crippen molar-refractivity contribution in [2.75, 3.05) is 36.5 Å². The molecule has 106 valence electrons. The van der Waals surface area contributed by atoms with Crippen molar-refractivity contribution in [1.82, 2.24) is 4.98 Å². The predicted molar refractivity (Wildman–Crippen MR) is 76.7 cm³/mol. The number of pyridine rings is 1. The van der Waals surface area contributed by atoms with Gasteiger partial charge in [0.1, 0.15) is 5.82 Å². The first-order valence-corrected chi connectivity index (χ1v) is 6.94. The van der Waals surface area contributed by atoms with Gasteiger partial charge in [0.2, 0.25) is 0 Å². The van der Waals surface area contributed by atoms with Crippen LogP contribution in [0.1, 0.15) is 20.3 Å². The van der Waals surface area contributed by atoms with E-state index in [4.69, 9.17) is 4.74 Å². The normalized spacial score (nSPS) is 23.4. The van der Waals surface area contributed by atoms with Crippen molar-refractivity contribution in [3.8, 4) is 0 Å². The number of hydrogen-bond donors (Lipinski definition) is 2. The molecule has 0 aliphatic carbocycles. The van der Waals surface area contributed by atoms with E-state index in [1.807, 2.05) is 19.2 Å². The molecule has 0 aromatic carbocycles. The van der Waals surface area contributed by atoms with Crippen LogP contribution >= 0.6 is 0 Å². The van der Waals surface area contributed by atoms with Crippen molar-refractivity contribution in [3.63, 3.8) is 0 Å². The lowest BCUT2D eigenvalue weighted by molar-refractivity contribution is -0.0421. The fourth-order valence-corrected chi connectivity index (χ4v) is 2.32. The molecular weight excluding hydrogens is 242 g/mol. The highest BCUT2D eigenvalue weighted by Crippen LogP contribution is 2.22. The molecule has 0 amide bonds. The maximum atomic E-state index is 9.27. The maximum Gasteiger partial charge on any atom is 0.127 e. The largest absolute Gasteiger partial charge is 0.394 e. The van der Waals surface area contributed by atoms with Crippen LogP contribution < -0.4 is 10.2 Å². The molecule has 1 aromatic rings. The molecule has 1 saturated heterocycles. The van der Waals surface area contributed by atoms with Gasteiger partial charge >= 0.3 is 0 Å². The second-order valence-electron chi connectivity index (χ2n) is 4.98. The maximum absolute atomic E-state index is 9.27. The molecule has 0 radical (unpaired) electrons. The molecule has 0 spiro atoms. The van der Waals surface area contributed by atoms with Crippen molar-refractivity contribution in [3.05, 3.63) is 18.3 Å². The third kappa shape index (κ3) is 3.81. The van der Waals surface area contributed by atoms with Crippen molar-refractivity contribution in [2.24, 2.45) is 0 Å². The average molecular weight is 265 g/mol. The highest BCUT2D eigenvalue weighted by atomic mass is 16.5. The third-order valence-corrected chi connectivity index (χ3v) is 3.19. The summed E-state index contributed by atoms with van der Waals surface area (Å²) in [6, 6.07) is 4.06. The second-order valence-corrected chi connectivity index (χ2v) is 4.98. The molecule has 2 N–H and O–H groups in total. The van der Waals surface area contributed by atoms with Crippen molar-refractivity contribution in [2.45, 2.75) is 32.5 Å². The highest BCUT2D eigenvalue weighted by Gasteiger charge is 2.24. The van der Waals surface area contributed by atoms with E-state index in [0.717, 1.165) is 37.6 Å². The number of aromatic nitrogens is 1. The van der Waals surface area contributed by atoms with Gasteiger partial charge in [-0.05, 0) is 19.4 Å². The predicted octanol–water partition coefficient (Wildman–Crippen LogP) is 1.49. The number of hydrogen-bond acceptors (Lipinski definition) is 5. The minimum atomic E-state index is -0.107. The SMILES string of the molecule is CCCNc1cc(N2CC(C)OC(CO)C2)ccn1. The molecule has 1 aliphatic rings. The lowest BCUT2D eigenvalue weighted by Gasteiger charge is -2.37. The number of anilines is 2. The van der Waals surface area contributed by atoms with Gasteiger partial charge in [-0.15, -0.1) is 0 Å². The molecule has 19 heavy (non-hydrogen) atoms. The van der Waals surface area contributed by atoms with E-state index < -0.39 is 0 Å². The van der Waals surface area contributed by atoms with E-state index in [2.05, 4.69) is 28.2 Å². The Balaban J connectivity index is 2.07. The van der Waals surface area contributed by atoms with Crippen molar-refractivity contribution >= 4 is 11.5 Å². The second kappa shape index (κ2) is 6.73. The number of morpholine rings is 1. The summed E-state index contributed by atoms with van der Waals surface area (Å²) in [4.78, 5) is 6.56. The van der Waals surface area contributed by atoms with Gasteiger partial charge in [0.05, 0.1) is 18.8 Å². The van der Waals surface area contributed by atoms with Gasteiger partial charge in [0.25, 0.3) is 0 Å². The Kier molecular flexibility index (Phi) is 4.99. The first kappa shape index (κ1) is 14.1. The van der Waals surface area contributed by atoms with Gasteiger partial charge in [0, 0.05) is 37.6 Å². The number of nitrogens with zero attached hydrogens (tertiary/aromatic N) is 2. The number of nitrogens with one attached hydrogen (secondary N) is 1. The topological polar surface area (TPSA) is 57.6 Å². The summed E-state index contributed by atoms with van der Waals surface area (Å²) in [5, 5.41) is 12.6. The number of aliphatic hydroxyl groups is 1. The van der Waals surface area contributed by atoms with Crippen LogP contribution in [0.5, 0.6) is 0 Å². The van der Waals surface area contributed by atoms with Crippen LogP contribution in [-0.2, 0) is 4.74 Å². The zero-order valence-electron chi connectivity index (χ0n) is 11.7.